The summed E-state index contributed by atoms with van der Waals surface area (Å²) in [6.45, 7) is 3.90. The number of hydrogen-bond donors (Lipinski definition) is 2. The SMILES string of the molecule is COC(=O)c1ccc(Nc2nccc(C(=O)Nc3cc(C)ccc3C)n2)cc1. The smallest absolute Gasteiger partial charge is 0.337 e. The quantitative estimate of drug-likeness (QED) is 0.657. The number of aryl methyl sites for hydroxylation is 2. The van der Waals surface area contributed by atoms with Crippen LogP contribution in [0.1, 0.15) is 32.0 Å². The first kappa shape index (κ1) is 19.0. The minimum Gasteiger partial charge on any atom is -0.465 e. The number of esters is 1. The summed E-state index contributed by atoms with van der Waals surface area (Å²) in [4.78, 5) is 32.4. The number of amides is 1. The van der Waals surface area contributed by atoms with Crippen LogP contribution < -0.4 is 10.6 Å². The molecule has 0 aliphatic heterocycles. The van der Waals surface area contributed by atoms with Gasteiger partial charge in [0, 0.05) is 17.6 Å². The number of anilines is 3. The normalized spacial score (nSPS) is 10.2. The topological polar surface area (TPSA) is 93.2 Å². The number of methoxy groups -OCH3 is 1. The summed E-state index contributed by atoms with van der Waals surface area (Å²) in [6.07, 6.45) is 1.51. The van der Waals surface area contributed by atoms with Crippen LogP contribution >= 0.6 is 0 Å². The number of ether oxygens (including phenoxy) is 1. The van der Waals surface area contributed by atoms with Crippen LogP contribution in [0.3, 0.4) is 0 Å². The molecule has 1 amide bonds. The minimum atomic E-state index is -0.409. The zero-order valence-electron chi connectivity index (χ0n) is 15.8. The summed E-state index contributed by atoms with van der Waals surface area (Å²) < 4.78 is 4.67. The molecule has 1 aromatic heterocycles. The molecule has 0 aliphatic carbocycles. The Kier molecular flexibility index (Phi) is 5.64. The van der Waals surface area contributed by atoms with Crippen LogP contribution in [0.2, 0.25) is 0 Å². The average molecular weight is 376 g/mol. The summed E-state index contributed by atoms with van der Waals surface area (Å²) in [5.74, 6) is -0.451. The Hall–Kier alpha value is -3.74. The summed E-state index contributed by atoms with van der Waals surface area (Å²) >= 11 is 0. The molecule has 0 bridgehead atoms. The third-order valence-corrected chi connectivity index (χ3v) is 4.09. The van der Waals surface area contributed by atoms with E-state index < -0.39 is 5.97 Å². The molecule has 0 unspecified atom stereocenters. The molecule has 28 heavy (non-hydrogen) atoms. The number of carbonyl (C=O) groups excluding carboxylic acids is 2. The van der Waals surface area contributed by atoms with Crippen LogP contribution in [0, 0.1) is 13.8 Å². The van der Waals surface area contributed by atoms with Gasteiger partial charge in [0.05, 0.1) is 12.7 Å². The number of rotatable bonds is 5. The lowest BCUT2D eigenvalue weighted by Crippen LogP contribution is -2.15. The van der Waals surface area contributed by atoms with E-state index in [1.165, 1.54) is 13.3 Å². The Balaban J connectivity index is 1.74. The van der Waals surface area contributed by atoms with Crippen molar-refractivity contribution in [3.8, 4) is 0 Å². The molecule has 0 atom stereocenters. The lowest BCUT2D eigenvalue weighted by molar-refractivity contribution is 0.0600. The molecule has 0 radical (unpaired) electrons. The Morgan fingerprint density at radius 1 is 1.00 bits per heavy atom. The van der Waals surface area contributed by atoms with Gasteiger partial charge in [0.2, 0.25) is 5.95 Å². The molecule has 2 aromatic carbocycles. The van der Waals surface area contributed by atoms with Crippen molar-refractivity contribution >= 4 is 29.2 Å². The maximum atomic E-state index is 12.6. The molecule has 0 saturated carbocycles. The average Bonchev–Trinajstić information content (AvgIpc) is 2.71. The largest absolute Gasteiger partial charge is 0.465 e. The van der Waals surface area contributed by atoms with E-state index in [1.54, 1.807) is 30.3 Å². The van der Waals surface area contributed by atoms with Crippen molar-refractivity contribution in [1.29, 1.82) is 0 Å². The van der Waals surface area contributed by atoms with Crippen molar-refractivity contribution in [1.82, 2.24) is 9.97 Å². The molecule has 1 heterocycles. The van der Waals surface area contributed by atoms with Gasteiger partial charge >= 0.3 is 5.97 Å². The maximum absolute atomic E-state index is 12.6. The monoisotopic (exact) mass is 376 g/mol. The van der Waals surface area contributed by atoms with Crippen molar-refractivity contribution in [3.63, 3.8) is 0 Å². The van der Waals surface area contributed by atoms with E-state index in [4.69, 9.17) is 0 Å². The first-order valence-electron chi connectivity index (χ1n) is 8.63. The third kappa shape index (κ3) is 4.50. The van der Waals surface area contributed by atoms with Gasteiger partial charge in [-0.1, -0.05) is 12.1 Å². The second-order valence-corrected chi connectivity index (χ2v) is 6.23. The van der Waals surface area contributed by atoms with E-state index in [1.807, 2.05) is 32.0 Å². The van der Waals surface area contributed by atoms with Gasteiger partial charge in [-0.25, -0.2) is 14.8 Å². The van der Waals surface area contributed by atoms with E-state index in [9.17, 15) is 9.59 Å². The minimum absolute atomic E-state index is 0.240. The fourth-order valence-corrected chi connectivity index (χ4v) is 2.54. The van der Waals surface area contributed by atoms with Gasteiger partial charge in [-0.2, -0.15) is 0 Å². The lowest BCUT2D eigenvalue weighted by Gasteiger charge is -2.10. The van der Waals surface area contributed by atoms with E-state index in [0.717, 1.165) is 16.8 Å². The highest BCUT2D eigenvalue weighted by molar-refractivity contribution is 6.03. The number of benzene rings is 2. The fourth-order valence-electron chi connectivity index (χ4n) is 2.54. The number of nitrogens with zero attached hydrogens (tertiary/aromatic N) is 2. The highest BCUT2D eigenvalue weighted by atomic mass is 16.5. The molecular weight excluding hydrogens is 356 g/mol. The van der Waals surface area contributed by atoms with Crippen LogP contribution in [-0.4, -0.2) is 29.0 Å². The molecule has 2 N–H and O–H groups in total. The van der Waals surface area contributed by atoms with Gasteiger partial charge in [-0.05, 0) is 61.4 Å². The number of aromatic nitrogens is 2. The van der Waals surface area contributed by atoms with Gasteiger partial charge in [0.1, 0.15) is 5.69 Å². The van der Waals surface area contributed by atoms with Gasteiger partial charge in [-0.3, -0.25) is 4.79 Å². The summed E-state index contributed by atoms with van der Waals surface area (Å²) in [7, 11) is 1.33. The Morgan fingerprint density at radius 2 is 1.75 bits per heavy atom. The number of nitrogens with one attached hydrogen (secondary N) is 2. The summed E-state index contributed by atoms with van der Waals surface area (Å²) in [5, 5.41) is 5.89. The second kappa shape index (κ2) is 8.30. The molecule has 0 saturated heterocycles. The van der Waals surface area contributed by atoms with Crippen molar-refractivity contribution in [2.24, 2.45) is 0 Å². The third-order valence-electron chi connectivity index (χ3n) is 4.09. The molecule has 0 fully saturated rings. The Bertz CT molecular complexity index is 1020. The Labute approximate surface area is 162 Å². The predicted octanol–water partition coefficient (Wildman–Crippen LogP) is 3.88. The molecule has 7 nitrogen and oxygen atoms in total. The van der Waals surface area contributed by atoms with E-state index in [-0.39, 0.29) is 17.5 Å². The van der Waals surface area contributed by atoms with Crippen LogP contribution in [0.15, 0.2) is 54.7 Å². The molecule has 3 aromatic rings. The first-order valence-corrected chi connectivity index (χ1v) is 8.63. The molecular formula is C21H20N4O3. The second-order valence-electron chi connectivity index (χ2n) is 6.23. The summed E-state index contributed by atoms with van der Waals surface area (Å²) in [5.41, 5.74) is 4.13. The van der Waals surface area contributed by atoms with Crippen LogP contribution in [0.5, 0.6) is 0 Å². The fraction of sp³-hybridized carbons (Fsp3) is 0.143. The van der Waals surface area contributed by atoms with Crippen LogP contribution in [0.25, 0.3) is 0 Å². The number of hydrogen-bond acceptors (Lipinski definition) is 6. The molecule has 0 spiro atoms. The van der Waals surface area contributed by atoms with Gasteiger partial charge in [0.15, 0.2) is 0 Å². The zero-order valence-corrected chi connectivity index (χ0v) is 15.8. The van der Waals surface area contributed by atoms with Gasteiger partial charge < -0.3 is 15.4 Å². The summed E-state index contributed by atoms with van der Waals surface area (Å²) in [6, 6.07) is 14.1. The molecule has 7 heteroatoms. The van der Waals surface area contributed by atoms with Crippen molar-refractivity contribution in [2.75, 3.05) is 17.7 Å². The molecule has 142 valence electrons. The molecule has 0 aliphatic rings. The van der Waals surface area contributed by atoms with Crippen molar-refractivity contribution in [3.05, 3.63) is 77.1 Å². The highest BCUT2D eigenvalue weighted by Gasteiger charge is 2.11. The van der Waals surface area contributed by atoms with Crippen molar-refractivity contribution in [2.45, 2.75) is 13.8 Å². The van der Waals surface area contributed by atoms with E-state index in [2.05, 4.69) is 25.3 Å². The highest BCUT2D eigenvalue weighted by Crippen LogP contribution is 2.18. The lowest BCUT2D eigenvalue weighted by atomic mass is 10.1. The van der Waals surface area contributed by atoms with E-state index in [0.29, 0.717) is 11.3 Å². The molecule has 3 rings (SSSR count). The van der Waals surface area contributed by atoms with Crippen LogP contribution in [-0.2, 0) is 4.74 Å². The van der Waals surface area contributed by atoms with Crippen molar-refractivity contribution < 1.29 is 14.3 Å². The first-order chi connectivity index (χ1) is 13.5. The van der Waals surface area contributed by atoms with Gasteiger partial charge in [0.25, 0.3) is 5.91 Å². The van der Waals surface area contributed by atoms with Crippen LogP contribution in [0.4, 0.5) is 17.3 Å². The van der Waals surface area contributed by atoms with Gasteiger partial charge in [-0.15, -0.1) is 0 Å². The standard InChI is InChI=1S/C21H20N4O3/c1-13-4-5-14(2)18(12-13)24-19(26)17-10-11-22-21(25-17)23-16-8-6-15(7-9-16)20(27)28-3/h4-12H,1-3H3,(H,24,26)(H,22,23,25). The Morgan fingerprint density at radius 3 is 2.46 bits per heavy atom. The maximum Gasteiger partial charge on any atom is 0.337 e. The predicted molar refractivity (Wildman–Crippen MR) is 107 cm³/mol. The number of carbonyl (C=O) groups is 2. The zero-order chi connectivity index (χ0) is 20.1. The van der Waals surface area contributed by atoms with E-state index >= 15 is 0 Å².